The van der Waals surface area contributed by atoms with Crippen LogP contribution in [0.5, 0.6) is 0 Å². The average molecular weight is 518 g/mol. The number of nitrogens with one attached hydrogen (secondary N) is 2. The molecule has 0 radical (unpaired) electrons. The minimum absolute atomic E-state index is 0.00260. The molecule has 1 aromatic heterocycles. The van der Waals surface area contributed by atoms with Crippen LogP contribution in [0.3, 0.4) is 0 Å². The fourth-order valence-corrected chi connectivity index (χ4v) is 4.85. The van der Waals surface area contributed by atoms with Gasteiger partial charge in [0.1, 0.15) is 5.60 Å². The third-order valence-electron chi connectivity index (χ3n) is 6.38. The van der Waals surface area contributed by atoms with E-state index in [4.69, 9.17) is 9.47 Å². The topological polar surface area (TPSA) is 115 Å². The average Bonchev–Trinajstić information content (AvgIpc) is 3.56. The van der Waals surface area contributed by atoms with Gasteiger partial charge in [0.05, 0.1) is 24.9 Å². The number of carbonyl (C=O) groups excluding carboxylic acids is 3. The van der Waals surface area contributed by atoms with Gasteiger partial charge in [0, 0.05) is 29.4 Å². The van der Waals surface area contributed by atoms with Crippen molar-refractivity contribution in [3.05, 3.63) is 77.0 Å². The molecule has 0 aliphatic carbocycles. The predicted molar refractivity (Wildman–Crippen MR) is 141 cm³/mol. The van der Waals surface area contributed by atoms with Crippen LogP contribution in [0.25, 0.3) is 0 Å². The number of anilines is 2. The molecule has 3 amide bonds. The Bertz CT molecular complexity index is 1360. The van der Waals surface area contributed by atoms with Crippen LogP contribution in [0.2, 0.25) is 0 Å². The Hall–Kier alpha value is -4.18. The molecule has 10 heteroatoms. The van der Waals surface area contributed by atoms with Gasteiger partial charge in [-0.2, -0.15) is 4.68 Å². The van der Waals surface area contributed by atoms with E-state index in [0.29, 0.717) is 23.6 Å². The smallest absolute Gasteiger partial charge is 0.435 e. The van der Waals surface area contributed by atoms with Gasteiger partial charge in [0.25, 0.3) is 5.91 Å². The summed E-state index contributed by atoms with van der Waals surface area (Å²) in [7, 11) is 0. The summed E-state index contributed by atoms with van der Waals surface area (Å²) < 4.78 is 12.4. The molecule has 0 spiro atoms. The fourth-order valence-electron chi connectivity index (χ4n) is 4.85. The van der Waals surface area contributed by atoms with Crippen LogP contribution in [0.4, 0.5) is 21.1 Å². The van der Waals surface area contributed by atoms with Crippen molar-refractivity contribution in [1.82, 2.24) is 14.7 Å². The van der Waals surface area contributed by atoms with E-state index < -0.39 is 17.7 Å². The van der Waals surface area contributed by atoms with Crippen LogP contribution in [0.1, 0.15) is 66.8 Å². The first kappa shape index (κ1) is 25.5. The predicted octanol–water partition coefficient (Wildman–Crippen LogP) is 5.32. The Morgan fingerprint density at radius 2 is 1.84 bits per heavy atom. The molecule has 2 aromatic carbocycles. The second-order valence-corrected chi connectivity index (χ2v) is 10.4. The number of rotatable bonds is 6. The summed E-state index contributed by atoms with van der Waals surface area (Å²) in [6.45, 7) is 6.44. The van der Waals surface area contributed by atoms with Crippen LogP contribution in [-0.2, 0) is 22.7 Å². The molecule has 1 unspecified atom stereocenters. The number of nitrogens with zero attached hydrogens (tertiary/aromatic N) is 3. The molecule has 198 valence electrons. The van der Waals surface area contributed by atoms with Crippen LogP contribution in [0.15, 0.2) is 54.6 Å². The lowest BCUT2D eigenvalue weighted by Gasteiger charge is -2.19. The summed E-state index contributed by atoms with van der Waals surface area (Å²) in [5, 5.41) is 9.82. The normalized spacial score (nSPS) is 16.2. The Kier molecular flexibility index (Phi) is 6.90. The molecule has 1 atom stereocenters. The maximum Gasteiger partial charge on any atom is 0.435 e. The molecule has 1 fully saturated rings. The Morgan fingerprint density at radius 1 is 1.05 bits per heavy atom. The summed E-state index contributed by atoms with van der Waals surface area (Å²) in [5.41, 5.74) is 2.75. The van der Waals surface area contributed by atoms with Gasteiger partial charge < -0.3 is 19.7 Å². The van der Waals surface area contributed by atoms with Crippen molar-refractivity contribution in [1.29, 1.82) is 0 Å². The third-order valence-corrected chi connectivity index (χ3v) is 6.38. The van der Waals surface area contributed by atoms with Gasteiger partial charge >= 0.3 is 12.1 Å². The Balaban J connectivity index is 1.31. The summed E-state index contributed by atoms with van der Waals surface area (Å²) in [6, 6.07) is 16.0. The number of benzene rings is 2. The molecule has 1 saturated heterocycles. The van der Waals surface area contributed by atoms with Gasteiger partial charge in [0.2, 0.25) is 0 Å². The molecule has 2 N–H and O–H groups in total. The maximum absolute atomic E-state index is 13.0. The maximum atomic E-state index is 13.0. The van der Waals surface area contributed by atoms with Crippen molar-refractivity contribution in [2.45, 2.75) is 58.5 Å². The van der Waals surface area contributed by atoms with Crippen LogP contribution < -0.4 is 10.6 Å². The SMILES string of the molecule is CC(C)(C)OC(=O)n1nc(NC(=O)Nc2cccc3c2C2CCCN2C3=O)cc1COCc1ccccc1. The number of fused-ring (bicyclic) bond motifs is 3. The van der Waals surface area contributed by atoms with Crippen LogP contribution in [-0.4, -0.2) is 44.9 Å². The first-order chi connectivity index (χ1) is 18.2. The zero-order valence-electron chi connectivity index (χ0n) is 21.7. The minimum Gasteiger partial charge on any atom is -0.442 e. The van der Waals surface area contributed by atoms with Crippen molar-refractivity contribution in [2.75, 3.05) is 17.2 Å². The van der Waals surface area contributed by atoms with Crippen LogP contribution in [0, 0.1) is 0 Å². The third kappa shape index (κ3) is 5.40. The molecule has 3 aromatic rings. The highest BCUT2D eigenvalue weighted by molar-refractivity contribution is 6.05. The second kappa shape index (κ2) is 10.3. The monoisotopic (exact) mass is 517 g/mol. The summed E-state index contributed by atoms with van der Waals surface area (Å²) in [5.74, 6) is 0.167. The standard InChI is InChI=1S/C28H31N5O5/c1-28(2,3)38-27(36)33-19(17-37-16-18-9-5-4-6-10-18)15-23(31-33)30-26(35)29-21-12-7-11-20-24(21)22-13-8-14-32(22)25(20)34/h4-7,9-12,15,22H,8,13-14,16-17H2,1-3H3,(H2,29,30,31,35). The number of aromatic nitrogens is 2. The lowest BCUT2D eigenvalue weighted by Crippen LogP contribution is -2.29. The van der Waals surface area contributed by atoms with E-state index in [-0.39, 0.29) is 24.4 Å². The molecule has 0 bridgehead atoms. The lowest BCUT2D eigenvalue weighted by molar-refractivity contribution is 0.0479. The molecule has 3 heterocycles. The Labute approximate surface area is 220 Å². The summed E-state index contributed by atoms with van der Waals surface area (Å²) in [4.78, 5) is 40.4. The zero-order valence-corrected chi connectivity index (χ0v) is 21.7. The quantitative estimate of drug-likeness (QED) is 0.458. The zero-order chi connectivity index (χ0) is 26.9. The van der Waals surface area contributed by atoms with E-state index in [9.17, 15) is 14.4 Å². The number of hydrogen-bond donors (Lipinski definition) is 2. The van der Waals surface area contributed by atoms with Gasteiger partial charge in [-0.1, -0.05) is 36.4 Å². The molecule has 2 aliphatic heterocycles. The second-order valence-electron chi connectivity index (χ2n) is 10.4. The highest BCUT2D eigenvalue weighted by Crippen LogP contribution is 2.44. The van der Waals surface area contributed by atoms with E-state index in [2.05, 4.69) is 15.7 Å². The number of amides is 3. The van der Waals surface area contributed by atoms with Gasteiger partial charge in [0.15, 0.2) is 5.82 Å². The Morgan fingerprint density at radius 3 is 2.61 bits per heavy atom. The first-order valence-corrected chi connectivity index (χ1v) is 12.7. The van der Waals surface area contributed by atoms with Crippen molar-refractivity contribution >= 4 is 29.5 Å². The van der Waals surface area contributed by atoms with Gasteiger partial charge in [-0.25, -0.2) is 9.59 Å². The van der Waals surface area contributed by atoms with E-state index in [1.54, 1.807) is 45.0 Å². The molecular weight excluding hydrogens is 486 g/mol. The van der Waals surface area contributed by atoms with Gasteiger partial charge in [-0.15, -0.1) is 5.10 Å². The fraction of sp³-hybridized carbons (Fsp3) is 0.357. The summed E-state index contributed by atoms with van der Waals surface area (Å²) in [6.07, 6.45) is 1.13. The van der Waals surface area contributed by atoms with Gasteiger partial charge in [-0.05, 0) is 51.3 Å². The van der Waals surface area contributed by atoms with E-state index in [1.165, 1.54) is 0 Å². The molecule has 5 rings (SSSR count). The number of ether oxygens (including phenoxy) is 2. The number of urea groups is 1. The highest BCUT2D eigenvalue weighted by Gasteiger charge is 2.41. The van der Waals surface area contributed by atoms with Crippen molar-refractivity contribution in [3.8, 4) is 0 Å². The molecule has 38 heavy (non-hydrogen) atoms. The van der Waals surface area contributed by atoms with Crippen molar-refractivity contribution < 1.29 is 23.9 Å². The molecule has 10 nitrogen and oxygen atoms in total. The molecular formula is C28H31N5O5. The van der Waals surface area contributed by atoms with Gasteiger partial charge in [-0.3, -0.25) is 10.1 Å². The first-order valence-electron chi connectivity index (χ1n) is 12.7. The van der Waals surface area contributed by atoms with Crippen molar-refractivity contribution in [2.24, 2.45) is 0 Å². The van der Waals surface area contributed by atoms with E-state index >= 15 is 0 Å². The largest absolute Gasteiger partial charge is 0.442 e. The molecule has 2 aliphatic rings. The number of carbonyl (C=O) groups is 3. The van der Waals surface area contributed by atoms with E-state index in [0.717, 1.165) is 35.2 Å². The lowest BCUT2D eigenvalue weighted by atomic mass is 10.0. The molecule has 0 saturated carbocycles. The number of hydrogen-bond acceptors (Lipinski definition) is 6. The van der Waals surface area contributed by atoms with Crippen molar-refractivity contribution in [3.63, 3.8) is 0 Å². The minimum atomic E-state index is -0.727. The summed E-state index contributed by atoms with van der Waals surface area (Å²) >= 11 is 0. The highest BCUT2D eigenvalue weighted by atomic mass is 16.6. The van der Waals surface area contributed by atoms with Crippen LogP contribution >= 0.6 is 0 Å². The van der Waals surface area contributed by atoms with E-state index in [1.807, 2.05) is 35.2 Å².